The van der Waals surface area contributed by atoms with Gasteiger partial charge in [-0.2, -0.15) is 0 Å². The van der Waals surface area contributed by atoms with Gasteiger partial charge in [-0.1, -0.05) is 63.6 Å². The summed E-state index contributed by atoms with van der Waals surface area (Å²) in [5, 5.41) is 0. The topological polar surface area (TPSA) is 69.7 Å². The molecular formula is C29H38O5. The fourth-order valence-electron chi connectivity index (χ4n) is 4.89. The van der Waals surface area contributed by atoms with E-state index in [-0.39, 0.29) is 25.0 Å². The summed E-state index contributed by atoms with van der Waals surface area (Å²) >= 11 is 0. The van der Waals surface area contributed by atoms with Gasteiger partial charge in [0.1, 0.15) is 13.2 Å². The van der Waals surface area contributed by atoms with E-state index in [1.807, 2.05) is 39.0 Å². The molecule has 0 amide bonds. The summed E-state index contributed by atoms with van der Waals surface area (Å²) in [5.41, 5.74) is 2.83. The first-order valence-corrected chi connectivity index (χ1v) is 12.0. The van der Waals surface area contributed by atoms with E-state index in [1.165, 1.54) is 0 Å². The molecule has 2 rings (SSSR count). The third kappa shape index (κ3) is 7.54. The third-order valence-corrected chi connectivity index (χ3v) is 5.80. The molecule has 0 aliphatic heterocycles. The van der Waals surface area contributed by atoms with Crippen LogP contribution in [0.1, 0.15) is 77.9 Å². The number of Topliss-reactive ketones (excluding diaryl/α,β-unsaturated/α-hetero) is 1. The molecule has 0 aliphatic rings. The summed E-state index contributed by atoms with van der Waals surface area (Å²) in [6.07, 6.45) is 1.38. The minimum absolute atomic E-state index is 0.0138. The van der Waals surface area contributed by atoms with E-state index in [2.05, 4.69) is 27.7 Å². The zero-order valence-corrected chi connectivity index (χ0v) is 21.6. The maximum absolute atomic E-state index is 13.0. The zero-order chi connectivity index (χ0) is 25.5. The highest BCUT2D eigenvalue weighted by Crippen LogP contribution is 2.35. The number of hydrogen-bond acceptors (Lipinski definition) is 5. The number of carbonyl (C=O) groups excluding carboxylic acids is 3. The predicted molar refractivity (Wildman–Crippen MR) is 134 cm³/mol. The van der Waals surface area contributed by atoms with Crippen LogP contribution in [0, 0.1) is 38.0 Å². The van der Waals surface area contributed by atoms with Crippen LogP contribution in [0.2, 0.25) is 0 Å². The number of esters is 2. The summed E-state index contributed by atoms with van der Waals surface area (Å²) in [4.78, 5) is 38.4. The van der Waals surface area contributed by atoms with Crippen molar-refractivity contribution in [1.29, 1.82) is 0 Å². The number of aryl methyl sites for hydroxylation is 3. The second-order valence-electron chi connectivity index (χ2n) is 10.3. The maximum Gasteiger partial charge on any atom is 0.379 e. The van der Waals surface area contributed by atoms with Gasteiger partial charge in [0.15, 0.2) is 0 Å². The minimum Gasteiger partial charge on any atom is -0.461 e. The second-order valence-corrected chi connectivity index (χ2v) is 10.3. The van der Waals surface area contributed by atoms with E-state index in [0.29, 0.717) is 24.0 Å². The van der Waals surface area contributed by atoms with Gasteiger partial charge in [-0.05, 0) is 68.7 Å². The quantitative estimate of drug-likeness (QED) is 0.222. The van der Waals surface area contributed by atoms with Crippen LogP contribution in [-0.2, 0) is 14.3 Å². The summed E-state index contributed by atoms with van der Waals surface area (Å²) in [6, 6.07) is 12.6. The smallest absolute Gasteiger partial charge is 0.379 e. The van der Waals surface area contributed by atoms with E-state index in [0.717, 1.165) is 16.7 Å². The molecule has 0 saturated carbocycles. The number of benzene rings is 2. The average Bonchev–Trinajstić information content (AvgIpc) is 2.74. The van der Waals surface area contributed by atoms with Gasteiger partial charge < -0.3 is 9.47 Å². The standard InChI is InChI=1S/C29H38O5/c1-19(2)15-29(16-20(3)4,17-33-27(31)24-11-9-8-10-12-24)18-34-28(32)26(30)25-22(6)13-21(5)14-23(25)7/h8-14,19-20H,15-18H2,1-7H3. The van der Waals surface area contributed by atoms with Crippen LogP contribution in [0.5, 0.6) is 0 Å². The number of rotatable bonds is 11. The van der Waals surface area contributed by atoms with Crippen molar-refractivity contribution in [2.75, 3.05) is 13.2 Å². The lowest BCUT2D eigenvalue weighted by Gasteiger charge is -2.35. The molecule has 0 unspecified atom stereocenters. The van der Waals surface area contributed by atoms with E-state index < -0.39 is 23.1 Å². The molecular weight excluding hydrogens is 428 g/mol. The molecule has 0 fully saturated rings. The van der Waals surface area contributed by atoms with E-state index in [1.54, 1.807) is 24.3 Å². The van der Waals surface area contributed by atoms with Crippen molar-refractivity contribution in [1.82, 2.24) is 0 Å². The van der Waals surface area contributed by atoms with Gasteiger partial charge in [0.25, 0.3) is 5.78 Å². The number of hydrogen-bond donors (Lipinski definition) is 0. The van der Waals surface area contributed by atoms with Gasteiger partial charge in [-0.15, -0.1) is 0 Å². The van der Waals surface area contributed by atoms with E-state index in [9.17, 15) is 14.4 Å². The molecule has 184 valence electrons. The number of ketones is 1. The van der Waals surface area contributed by atoms with Crippen molar-refractivity contribution in [2.45, 2.75) is 61.3 Å². The Balaban J connectivity index is 2.22. The largest absolute Gasteiger partial charge is 0.461 e. The van der Waals surface area contributed by atoms with Gasteiger partial charge in [0, 0.05) is 11.0 Å². The van der Waals surface area contributed by atoms with Crippen LogP contribution in [0.4, 0.5) is 0 Å². The van der Waals surface area contributed by atoms with Crippen LogP contribution < -0.4 is 0 Å². The molecule has 34 heavy (non-hydrogen) atoms. The molecule has 5 nitrogen and oxygen atoms in total. The molecule has 0 aromatic heterocycles. The SMILES string of the molecule is Cc1cc(C)c(C(=O)C(=O)OCC(COC(=O)c2ccccc2)(CC(C)C)CC(C)C)c(C)c1. The van der Waals surface area contributed by atoms with Crippen LogP contribution in [0.25, 0.3) is 0 Å². The van der Waals surface area contributed by atoms with Gasteiger partial charge in [0.05, 0.1) is 5.56 Å². The first-order chi connectivity index (χ1) is 15.9. The third-order valence-electron chi connectivity index (χ3n) is 5.80. The molecule has 2 aromatic carbocycles. The lowest BCUT2D eigenvalue weighted by Crippen LogP contribution is -2.38. The van der Waals surface area contributed by atoms with Gasteiger partial charge in [-0.25, -0.2) is 9.59 Å². The molecule has 0 aliphatic carbocycles. The predicted octanol–water partition coefficient (Wildman–Crippen LogP) is 6.27. The molecule has 0 atom stereocenters. The van der Waals surface area contributed by atoms with Crippen LogP contribution in [-0.4, -0.2) is 30.9 Å². The number of ether oxygens (including phenoxy) is 2. The summed E-state index contributed by atoms with van der Waals surface area (Å²) in [7, 11) is 0. The van der Waals surface area contributed by atoms with Crippen molar-refractivity contribution >= 4 is 17.7 Å². The van der Waals surface area contributed by atoms with Crippen molar-refractivity contribution in [2.24, 2.45) is 17.3 Å². The Morgan fingerprint density at radius 1 is 0.794 bits per heavy atom. The minimum atomic E-state index is -0.874. The number of carbonyl (C=O) groups is 3. The highest BCUT2D eigenvalue weighted by atomic mass is 16.6. The first-order valence-electron chi connectivity index (χ1n) is 12.0. The Morgan fingerprint density at radius 2 is 1.29 bits per heavy atom. The molecule has 0 heterocycles. The fraction of sp³-hybridized carbons (Fsp3) is 0.483. The first kappa shape index (κ1) is 27.3. The summed E-state index contributed by atoms with van der Waals surface area (Å²) in [5.74, 6) is -1.36. The summed E-state index contributed by atoms with van der Waals surface area (Å²) in [6.45, 7) is 14.1. The van der Waals surface area contributed by atoms with E-state index in [4.69, 9.17) is 9.47 Å². The Hall–Kier alpha value is -2.95. The highest BCUT2D eigenvalue weighted by Gasteiger charge is 2.36. The van der Waals surface area contributed by atoms with E-state index >= 15 is 0 Å². The van der Waals surface area contributed by atoms with Crippen LogP contribution in [0.15, 0.2) is 42.5 Å². The molecule has 2 aromatic rings. The zero-order valence-electron chi connectivity index (χ0n) is 21.6. The Kier molecular flexibility index (Phi) is 9.60. The Bertz CT molecular complexity index is 971. The lowest BCUT2D eigenvalue weighted by atomic mass is 9.75. The normalized spacial score (nSPS) is 11.6. The second kappa shape index (κ2) is 12.0. The molecule has 0 N–H and O–H groups in total. The Morgan fingerprint density at radius 3 is 1.79 bits per heavy atom. The van der Waals surface area contributed by atoms with Crippen molar-refractivity contribution in [3.8, 4) is 0 Å². The molecule has 0 saturated heterocycles. The average molecular weight is 467 g/mol. The van der Waals surface area contributed by atoms with Crippen molar-refractivity contribution < 1.29 is 23.9 Å². The molecule has 5 heteroatoms. The Labute approximate surface area is 203 Å². The lowest BCUT2D eigenvalue weighted by molar-refractivity contribution is -0.144. The molecule has 0 radical (unpaired) electrons. The fourth-order valence-corrected chi connectivity index (χ4v) is 4.89. The molecule has 0 bridgehead atoms. The van der Waals surface area contributed by atoms with Gasteiger partial charge in [0.2, 0.25) is 0 Å². The van der Waals surface area contributed by atoms with Crippen LogP contribution >= 0.6 is 0 Å². The molecule has 0 spiro atoms. The van der Waals surface area contributed by atoms with Gasteiger partial charge in [-0.3, -0.25) is 4.79 Å². The van der Waals surface area contributed by atoms with Crippen molar-refractivity contribution in [3.05, 3.63) is 70.3 Å². The van der Waals surface area contributed by atoms with Crippen molar-refractivity contribution in [3.63, 3.8) is 0 Å². The highest BCUT2D eigenvalue weighted by molar-refractivity contribution is 6.41. The summed E-state index contributed by atoms with van der Waals surface area (Å²) < 4.78 is 11.3. The maximum atomic E-state index is 13.0. The van der Waals surface area contributed by atoms with Crippen LogP contribution in [0.3, 0.4) is 0 Å². The monoisotopic (exact) mass is 466 g/mol. The van der Waals surface area contributed by atoms with Gasteiger partial charge >= 0.3 is 11.9 Å².